The fraction of sp³-hybridized carbons (Fsp3) is 0.333. The minimum absolute atomic E-state index is 0.662. The van der Waals surface area contributed by atoms with Crippen LogP contribution in [0, 0.1) is 6.92 Å². The van der Waals surface area contributed by atoms with E-state index in [0.29, 0.717) is 12.2 Å². The van der Waals surface area contributed by atoms with Crippen molar-refractivity contribution in [3.63, 3.8) is 0 Å². The van der Waals surface area contributed by atoms with Crippen LogP contribution in [-0.4, -0.2) is 63.1 Å². The van der Waals surface area contributed by atoms with Crippen molar-refractivity contribution >= 4 is 11.0 Å². The van der Waals surface area contributed by atoms with Crippen LogP contribution >= 0.6 is 0 Å². The quantitative estimate of drug-likeness (QED) is 0.487. The third-order valence-electron chi connectivity index (χ3n) is 5.84. The van der Waals surface area contributed by atoms with Crippen molar-refractivity contribution in [1.29, 1.82) is 0 Å². The fourth-order valence-corrected chi connectivity index (χ4v) is 4.23. The van der Waals surface area contributed by atoms with E-state index in [2.05, 4.69) is 48.4 Å². The van der Waals surface area contributed by atoms with Crippen molar-refractivity contribution in [3.05, 3.63) is 65.6 Å². The summed E-state index contributed by atoms with van der Waals surface area (Å²) in [6, 6.07) is 10.4. The van der Waals surface area contributed by atoms with Crippen LogP contribution in [0.25, 0.3) is 22.3 Å². The van der Waals surface area contributed by atoms with E-state index in [-0.39, 0.29) is 0 Å². The van der Waals surface area contributed by atoms with Gasteiger partial charge in [0.1, 0.15) is 17.8 Å². The molecule has 0 saturated carbocycles. The third kappa shape index (κ3) is 4.32. The second-order valence-electron chi connectivity index (χ2n) is 8.11. The first-order valence-corrected chi connectivity index (χ1v) is 10.9. The molecule has 0 atom stereocenters. The van der Waals surface area contributed by atoms with Gasteiger partial charge in [0.15, 0.2) is 5.75 Å². The highest BCUT2D eigenvalue weighted by Gasteiger charge is 2.14. The molecule has 1 aromatic carbocycles. The zero-order chi connectivity index (χ0) is 21.9. The van der Waals surface area contributed by atoms with Gasteiger partial charge in [-0.05, 0) is 36.8 Å². The molecule has 8 heteroatoms. The standard InChI is InChI=1S/C24H27N7O/c1-16-24(32-2)23(28-15-27-16)18-3-4-20-21(12-18)30-22(29-20)13-19-11-17(5-6-26-19)14-31-9-7-25-8-10-31/h3-6,11-12,15,25H,7-10,13-14H2,1-2H3,(H,29,30). The molecule has 0 amide bonds. The van der Waals surface area contributed by atoms with Crippen LogP contribution in [0.5, 0.6) is 5.75 Å². The molecular weight excluding hydrogens is 402 g/mol. The highest BCUT2D eigenvalue weighted by Crippen LogP contribution is 2.31. The van der Waals surface area contributed by atoms with Crippen molar-refractivity contribution < 1.29 is 4.74 Å². The number of benzene rings is 1. The topological polar surface area (TPSA) is 91.8 Å². The number of methoxy groups -OCH3 is 1. The first-order valence-electron chi connectivity index (χ1n) is 10.9. The number of aromatic nitrogens is 5. The third-order valence-corrected chi connectivity index (χ3v) is 5.84. The second kappa shape index (κ2) is 9.02. The van der Waals surface area contributed by atoms with Crippen LogP contribution in [0.3, 0.4) is 0 Å². The Morgan fingerprint density at radius 2 is 1.94 bits per heavy atom. The summed E-state index contributed by atoms with van der Waals surface area (Å²) in [5, 5.41) is 3.40. The minimum atomic E-state index is 0.662. The van der Waals surface area contributed by atoms with Gasteiger partial charge >= 0.3 is 0 Å². The highest BCUT2D eigenvalue weighted by atomic mass is 16.5. The Morgan fingerprint density at radius 1 is 1.06 bits per heavy atom. The van der Waals surface area contributed by atoms with Crippen molar-refractivity contribution in [3.8, 4) is 17.0 Å². The van der Waals surface area contributed by atoms with E-state index < -0.39 is 0 Å². The number of hydrogen-bond acceptors (Lipinski definition) is 7. The zero-order valence-corrected chi connectivity index (χ0v) is 18.4. The number of fused-ring (bicyclic) bond motifs is 1. The average molecular weight is 430 g/mol. The smallest absolute Gasteiger partial charge is 0.166 e. The predicted molar refractivity (Wildman–Crippen MR) is 124 cm³/mol. The van der Waals surface area contributed by atoms with E-state index in [4.69, 9.17) is 9.72 Å². The Labute approximate surface area is 187 Å². The van der Waals surface area contributed by atoms with Crippen LogP contribution in [-0.2, 0) is 13.0 Å². The molecule has 32 heavy (non-hydrogen) atoms. The minimum Gasteiger partial charge on any atom is -0.493 e. The Morgan fingerprint density at radius 3 is 2.78 bits per heavy atom. The lowest BCUT2D eigenvalue weighted by Crippen LogP contribution is -2.42. The molecule has 164 valence electrons. The number of hydrogen-bond donors (Lipinski definition) is 2. The Balaban J connectivity index is 1.37. The lowest BCUT2D eigenvalue weighted by Gasteiger charge is -2.27. The molecule has 0 spiro atoms. The lowest BCUT2D eigenvalue weighted by atomic mass is 10.1. The number of piperazine rings is 1. The molecule has 0 bridgehead atoms. The molecule has 2 N–H and O–H groups in total. The number of pyridine rings is 1. The number of imidazole rings is 1. The summed E-state index contributed by atoms with van der Waals surface area (Å²) in [4.78, 5) is 23.9. The van der Waals surface area contributed by atoms with E-state index >= 15 is 0 Å². The molecule has 4 aromatic rings. The second-order valence-corrected chi connectivity index (χ2v) is 8.11. The molecule has 1 aliphatic heterocycles. The number of rotatable bonds is 6. The van der Waals surface area contributed by atoms with Crippen LogP contribution in [0.4, 0.5) is 0 Å². The first kappa shape index (κ1) is 20.5. The highest BCUT2D eigenvalue weighted by molar-refractivity contribution is 5.82. The van der Waals surface area contributed by atoms with Gasteiger partial charge in [-0.25, -0.2) is 15.0 Å². The molecule has 5 rings (SSSR count). The van der Waals surface area contributed by atoms with Crippen LogP contribution in [0.1, 0.15) is 22.8 Å². The normalized spacial score (nSPS) is 14.7. The molecule has 0 aliphatic carbocycles. The van der Waals surface area contributed by atoms with Crippen molar-refractivity contribution in [2.24, 2.45) is 0 Å². The molecule has 1 fully saturated rings. The van der Waals surface area contributed by atoms with Crippen molar-refractivity contribution in [1.82, 2.24) is 35.1 Å². The van der Waals surface area contributed by atoms with Crippen LogP contribution in [0.2, 0.25) is 0 Å². The van der Waals surface area contributed by atoms with E-state index in [9.17, 15) is 0 Å². The van der Waals surface area contributed by atoms with E-state index in [0.717, 1.165) is 72.2 Å². The molecule has 1 aliphatic rings. The average Bonchev–Trinajstić information content (AvgIpc) is 3.21. The lowest BCUT2D eigenvalue weighted by molar-refractivity contribution is 0.233. The molecule has 4 heterocycles. The number of nitrogens with one attached hydrogen (secondary N) is 2. The van der Waals surface area contributed by atoms with Crippen molar-refractivity contribution in [2.45, 2.75) is 19.9 Å². The van der Waals surface area contributed by atoms with Crippen LogP contribution in [0.15, 0.2) is 42.9 Å². The number of aromatic amines is 1. The summed E-state index contributed by atoms with van der Waals surface area (Å²) in [6.45, 7) is 7.15. The van der Waals surface area contributed by atoms with Gasteiger partial charge in [-0.2, -0.15) is 0 Å². The molecule has 1 saturated heterocycles. The van der Waals surface area contributed by atoms with Gasteiger partial charge in [-0.1, -0.05) is 6.07 Å². The Hall–Kier alpha value is -3.36. The van der Waals surface area contributed by atoms with Gasteiger partial charge < -0.3 is 15.0 Å². The Bertz CT molecular complexity index is 1230. The van der Waals surface area contributed by atoms with Gasteiger partial charge in [-0.15, -0.1) is 0 Å². The Kier molecular flexibility index (Phi) is 5.79. The maximum Gasteiger partial charge on any atom is 0.166 e. The maximum absolute atomic E-state index is 5.53. The van der Waals surface area contributed by atoms with Crippen molar-refractivity contribution in [2.75, 3.05) is 33.3 Å². The maximum atomic E-state index is 5.53. The summed E-state index contributed by atoms with van der Waals surface area (Å²) >= 11 is 0. The molecule has 0 radical (unpaired) electrons. The first-order chi connectivity index (χ1) is 15.7. The predicted octanol–water partition coefficient (Wildman–Crippen LogP) is 2.73. The van der Waals surface area contributed by atoms with Gasteiger partial charge in [0.2, 0.25) is 0 Å². The molecule has 0 unspecified atom stereocenters. The van der Waals surface area contributed by atoms with Gasteiger partial charge in [0.05, 0.1) is 23.8 Å². The van der Waals surface area contributed by atoms with E-state index in [1.165, 1.54) is 5.56 Å². The molecule has 3 aromatic heterocycles. The summed E-state index contributed by atoms with van der Waals surface area (Å²) in [6.07, 6.45) is 4.13. The summed E-state index contributed by atoms with van der Waals surface area (Å²) in [5.74, 6) is 1.59. The van der Waals surface area contributed by atoms with E-state index in [1.807, 2.05) is 25.3 Å². The number of aryl methyl sites for hydroxylation is 1. The van der Waals surface area contributed by atoms with Gasteiger partial charge in [-0.3, -0.25) is 9.88 Å². The van der Waals surface area contributed by atoms with Gasteiger partial charge in [0.25, 0.3) is 0 Å². The molecule has 8 nitrogen and oxygen atoms in total. The van der Waals surface area contributed by atoms with Crippen LogP contribution < -0.4 is 10.1 Å². The SMILES string of the molecule is COc1c(C)ncnc1-c1ccc2nc(Cc3cc(CN4CCNCC4)ccn3)[nH]c2c1. The number of H-pyrrole nitrogens is 1. The van der Waals surface area contributed by atoms with Gasteiger partial charge in [0, 0.05) is 56.6 Å². The number of ether oxygens (including phenoxy) is 1. The fourth-order valence-electron chi connectivity index (χ4n) is 4.23. The summed E-state index contributed by atoms with van der Waals surface area (Å²) < 4.78 is 5.53. The summed E-state index contributed by atoms with van der Waals surface area (Å²) in [5.41, 5.74) is 6.76. The molecular formula is C24H27N7O. The largest absolute Gasteiger partial charge is 0.493 e. The number of nitrogens with zero attached hydrogens (tertiary/aromatic N) is 5. The zero-order valence-electron chi connectivity index (χ0n) is 18.4. The monoisotopic (exact) mass is 429 g/mol. The van der Waals surface area contributed by atoms with E-state index in [1.54, 1.807) is 13.4 Å². The summed E-state index contributed by atoms with van der Waals surface area (Å²) in [7, 11) is 1.64.